The molecule has 0 spiro atoms. The molecule has 2 aromatic carbocycles. The standard InChI is InChI=1S/C22H22N2O3/c1-3-18-10-4-5-12-20(18)23-21(25)19-11-7-13-24(22(19)26)27-15-17-9-6-8-16(2)14-17/h4-14H,3,15H2,1-2H3,(H,23,25). The fourth-order valence-corrected chi connectivity index (χ4v) is 2.84. The lowest BCUT2D eigenvalue weighted by Crippen LogP contribution is -2.32. The fraction of sp³-hybridized carbons (Fsp3) is 0.182. The van der Waals surface area contributed by atoms with Gasteiger partial charge in [-0.2, -0.15) is 4.73 Å². The van der Waals surface area contributed by atoms with Crippen LogP contribution in [0.2, 0.25) is 0 Å². The monoisotopic (exact) mass is 362 g/mol. The van der Waals surface area contributed by atoms with E-state index in [9.17, 15) is 9.59 Å². The highest BCUT2D eigenvalue weighted by Crippen LogP contribution is 2.16. The number of para-hydroxylation sites is 1. The van der Waals surface area contributed by atoms with E-state index in [4.69, 9.17) is 4.84 Å². The predicted octanol–water partition coefficient (Wildman–Crippen LogP) is 3.60. The number of amides is 1. The number of pyridine rings is 1. The molecule has 27 heavy (non-hydrogen) atoms. The van der Waals surface area contributed by atoms with E-state index in [1.54, 1.807) is 6.07 Å². The van der Waals surface area contributed by atoms with Crippen molar-refractivity contribution in [1.82, 2.24) is 4.73 Å². The van der Waals surface area contributed by atoms with Crippen LogP contribution in [0.15, 0.2) is 71.7 Å². The first kappa shape index (κ1) is 18.5. The average molecular weight is 362 g/mol. The molecule has 0 atom stereocenters. The van der Waals surface area contributed by atoms with Gasteiger partial charge in [-0.15, -0.1) is 0 Å². The van der Waals surface area contributed by atoms with Gasteiger partial charge in [-0.25, -0.2) is 0 Å². The number of anilines is 1. The Morgan fingerprint density at radius 1 is 1.07 bits per heavy atom. The summed E-state index contributed by atoms with van der Waals surface area (Å²) in [6.45, 7) is 4.25. The summed E-state index contributed by atoms with van der Waals surface area (Å²) in [4.78, 5) is 30.8. The summed E-state index contributed by atoms with van der Waals surface area (Å²) >= 11 is 0. The minimum atomic E-state index is -0.489. The number of carbonyl (C=O) groups excluding carboxylic acids is 1. The molecule has 0 bridgehead atoms. The summed E-state index contributed by atoms with van der Waals surface area (Å²) in [5.41, 5.74) is 3.34. The number of nitrogens with zero attached hydrogens (tertiary/aromatic N) is 1. The third-order valence-electron chi connectivity index (χ3n) is 4.26. The van der Waals surface area contributed by atoms with E-state index in [2.05, 4.69) is 5.32 Å². The number of rotatable bonds is 6. The zero-order chi connectivity index (χ0) is 19.2. The number of hydrogen-bond acceptors (Lipinski definition) is 3. The first-order valence-electron chi connectivity index (χ1n) is 8.88. The summed E-state index contributed by atoms with van der Waals surface area (Å²) in [6.07, 6.45) is 2.30. The van der Waals surface area contributed by atoms with Crippen molar-refractivity contribution in [3.05, 3.63) is 99.5 Å². The van der Waals surface area contributed by atoms with Gasteiger partial charge in [-0.1, -0.05) is 55.0 Å². The topological polar surface area (TPSA) is 60.3 Å². The molecule has 5 heteroatoms. The van der Waals surface area contributed by atoms with Crippen molar-refractivity contribution < 1.29 is 9.63 Å². The number of nitrogens with one attached hydrogen (secondary N) is 1. The molecule has 0 aliphatic carbocycles. The normalized spacial score (nSPS) is 10.4. The van der Waals surface area contributed by atoms with Gasteiger partial charge in [0.15, 0.2) is 0 Å². The van der Waals surface area contributed by atoms with Gasteiger partial charge in [0.25, 0.3) is 11.5 Å². The number of hydrogen-bond donors (Lipinski definition) is 1. The lowest BCUT2D eigenvalue weighted by atomic mass is 10.1. The fourth-order valence-electron chi connectivity index (χ4n) is 2.84. The number of benzene rings is 2. The summed E-state index contributed by atoms with van der Waals surface area (Å²) < 4.78 is 1.10. The lowest BCUT2D eigenvalue weighted by Gasteiger charge is -2.12. The van der Waals surface area contributed by atoms with Gasteiger partial charge in [0.2, 0.25) is 0 Å². The van der Waals surface area contributed by atoms with Gasteiger partial charge in [0, 0.05) is 11.9 Å². The summed E-state index contributed by atoms with van der Waals surface area (Å²) in [5, 5.41) is 2.82. The molecular weight excluding hydrogens is 340 g/mol. The molecule has 0 unspecified atom stereocenters. The molecule has 0 aliphatic rings. The largest absolute Gasteiger partial charge is 0.406 e. The Hall–Kier alpha value is -3.34. The van der Waals surface area contributed by atoms with Gasteiger partial charge in [-0.3, -0.25) is 9.59 Å². The van der Waals surface area contributed by atoms with Crippen molar-refractivity contribution in [2.75, 3.05) is 5.32 Å². The average Bonchev–Trinajstić information content (AvgIpc) is 2.67. The zero-order valence-corrected chi connectivity index (χ0v) is 15.4. The van der Waals surface area contributed by atoms with E-state index in [1.807, 2.05) is 62.4 Å². The van der Waals surface area contributed by atoms with Crippen LogP contribution in [0.25, 0.3) is 0 Å². The summed E-state index contributed by atoms with van der Waals surface area (Å²) in [5.74, 6) is -0.450. The van der Waals surface area contributed by atoms with Crippen LogP contribution in [0.3, 0.4) is 0 Å². The van der Waals surface area contributed by atoms with Crippen molar-refractivity contribution in [3.8, 4) is 0 Å². The van der Waals surface area contributed by atoms with E-state index in [1.165, 1.54) is 12.3 Å². The quantitative estimate of drug-likeness (QED) is 0.729. The molecule has 5 nitrogen and oxygen atoms in total. The van der Waals surface area contributed by atoms with Crippen molar-refractivity contribution in [2.24, 2.45) is 0 Å². The van der Waals surface area contributed by atoms with Crippen LogP contribution in [0.4, 0.5) is 5.69 Å². The maximum absolute atomic E-state index is 12.6. The molecule has 1 aromatic heterocycles. The maximum Gasteiger partial charge on any atom is 0.295 e. The van der Waals surface area contributed by atoms with Crippen LogP contribution in [0.5, 0.6) is 0 Å². The lowest BCUT2D eigenvalue weighted by molar-refractivity contribution is 0.0863. The highest BCUT2D eigenvalue weighted by Gasteiger charge is 2.14. The van der Waals surface area contributed by atoms with Gasteiger partial charge < -0.3 is 10.2 Å². The molecule has 3 aromatic rings. The Balaban J connectivity index is 1.78. The number of aryl methyl sites for hydroxylation is 2. The van der Waals surface area contributed by atoms with Crippen LogP contribution < -0.4 is 15.7 Å². The van der Waals surface area contributed by atoms with Crippen LogP contribution in [-0.2, 0) is 13.0 Å². The molecule has 0 radical (unpaired) electrons. The van der Waals surface area contributed by atoms with Crippen LogP contribution in [-0.4, -0.2) is 10.6 Å². The van der Waals surface area contributed by atoms with Crippen molar-refractivity contribution >= 4 is 11.6 Å². The van der Waals surface area contributed by atoms with Gasteiger partial charge in [0.05, 0.1) is 0 Å². The first-order valence-corrected chi connectivity index (χ1v) is 8.88. The predicted molar refractivity (Wildman–Crippen MR) is 106 cm³/mol. The minimum absolute atomic E-state index is 0.0349. The molecule has 0 aliphatic heterocycles. The molecule has 1 N–H and O–H groups in total. The molecule has 138 valence electrons. The second-order valence-corrected chi connectivity index (χ2v) is 6.28. The molecular formula is C22H22N2O3. The molecule has 3 rings (SSSR count). The van der Waals surface area contributed by atoms with Gasteiger partial charge in [0.1, 0.15) is 12.2 Å². The SMILES string of the molecule is CCc1ccccc1NC(=O)c1cccn(OCc2cccc(C)c2)c1=O. The van der Waals surface area contributed by atoms with Gasteiger partial charge in [-0.05, 0) is 42.7 Å². The minimum Gasteiger partial charge on any atom is -0.406 e. The molecule has 0 fully saturated rings. The Labute approximate surface area is 158 Å². The summed E-state index contributed by atoms with van der Waals surface area (Å²) in [6, 6.07) is 18.5. The van der Waals surface area contributed by atoms with E-state index >= 15 is 0 Å². The molecule has 1 amide bonds. The Bertz CT molecular complexity index is 1010. The molecule has 0 saturated carbocycles. The van der Waals surface area contributed by atoms with Crippen molar-refractivity contribution in [3.63, 3.8) is 0 Å². The van der Waals surface area contributed by atoms with Gasteiger partial charge >= 0.3 is 0 Å². The molecule has 1 heterocycles. The van der Waals surface area contributed by atoms with Crippen LogP contribution >= 0.6 is 0 Å². The number of carbonyl (C=O) groups is 1. The maximum atomic E-state index is 12.6. The Morgan fingerprint density at radius 2 is 1.89 bits per heavy atom. The number of aromatic nitrogens is 1. The third-order valence-corrected chi connectivity index (χ3v) is 4.26. The van der Waals surface area contributed by atoms with E-state index in [0.717, 1.165) is 27.8 Å². The Kier molecular flexibility index (Phi) is 5.71. The van der Waals surface area contributed by atoms with E-state index in [0.29, 0.717) is 5.69 Å². The third kappa shape index (κ3) is 4.44. The first-order chi connectivity index (χ1) is 13.1. The summed E-state index contributed by atoms with van der Waals surface area (Å²) in [7, 11) is 0. The smallest absolute Gasteiger partial charge is 0.295 e. The highest BCUT2D eigenvalue weighted by atomic mass is 16.7. The van der Waals surface area contributed by atoms with Crippen molar-refractivity contribution in [2.45, 2.75) is 26.9 Å². The van der Waals surface area contributed by atoms with E-state index < -0.39 is 11.5 Å². The van der Waals surface area contributed by atoms with Crippen LogP contribution in [0, 0.1) is 6.92 Å². The highest BCUT2D eigenvalue weighted by molar-refractivity contribution is 6.04. The Morgan fingerprint density at radius 3 is 2.67 bits per heavy atom. The second-order valence-electron chi connectivity index (χ2n) is 6.28. The van der Waals surface area contributed by atoms with E-state index in [-0.39, 0.29) is 12.2 Å². The van der Waals surface area contributed by atoms with Crippen LogP contribution in [0.1, 0.15) is 34.0 Å². The van der Waals surface area contributed by atoms with Crippen molar-refractivity contribution in [1.29, 1.82) is 0 Å². The molecule has 0 saturated heterocycles. The second kappa shape index (κ2) is 8.36. The zero-order valence-electron chi connectivity index (χ0n) is 15.4.